The Hall–Kier alpha value is -2.18. The third kappa shape index (κ3) is 4.21. The average Bonchev–Trinajstić information content (AvgIpc) is 2.57. The lowest BCUT2D eigenvalue weighted by molar-refractivity contribution is 0.230. The summed E-state index contributed by atoms with van der Waals surface area (Å²) in [6.45, 7) is 1.85. The zero-order valence-electron chi connectivity index (χ0n) is 13.3. The number of H-pyrrole nitrogens is 1. The summed E-state index contributed by atoms with van der Waals surface area (Å²) in [5.41, 5.74) is 0.617. The van der Waals surface area contributed by atoms with Gasteiger partial charge in [0.15, 0.2) is 0 Å². The maximum Gasteiger partial charge on any atom is 0.258 e. The predicted molar refractivity (Wildman–Crippen MR) is 98.3 cm³/mol. The van der Waals surface area contributed by atoms with Gasteiger partial charge in [0.25, 0.3) is 5.56 Å². The summed E-state index contributed by atoms with van der Waals surface area (Å²) in [5.74, 6) is 1.49. The van der Waals surface area contributed by atoms with Gasteiger partial charge in [-0.2, -0.15) is 0 Å². The molecule has 0 aliphatic heterocycles. The maximum absolute atomic E-state index is 12.1. The number of para-hydroxylation sites is 1. The van der Waals surface area contributed by atoms with Crippen LogP contribution < -0.4 is 10.3 Å². The van der Waals surface area contributed by atoms with Crippen LogP contribution in [0.25, 0.3) is 10.9 Å². The van der Waals surface area contributed by atoms with Crippen LogP contribution in [0.1, 0.15) is 5.82 Å². The van der Waals surface area contributed by atoms with Gasteiger partial charge in [0.1, 0.15) is 18.2 Å². The summed E-state index contributed by atoms with van der Waals surface area (Å²) in [6.07, 6.45) is 0. The minimum atomic E-state index is -0.102. The number of rotatable bonds is 6. The van der Waals surface area contributed by atoms with Gasteiger partial charge in [-0.15, -0.1) is 0 Å². The second-order valence-electron chi connectivity index (χ2n) is 5.57. The Morgan fingerprint density at radius 3 is 2.71 bits per heavy atom. The molecule has 1 N–H and O–H groups in total. The molecule has 0 aliphatic carbocycles. The second-order valence-corrected chi connectivity index (χ2v) is 6.49. The van der Waals surface area contributed by atoms with Crippen molar-refractivity contribution in [3.8, 4) is 5.75 Å². The smallest absolute Gasteiger partial charge is 0.258 e. The SMILES string of the molecule is CN(CCOc1ccc(Br)cc1)Cc1nc2ccccc2c(=O)[nH]1. The molecular formula is C18H18BrN3O2. The molecule has 0 saturated carbocycles. The fourth-order valence-electron chi connectivity index (χ4n) is 2.39. The molecule has 0 bridgehead atoms. The number of nitrogens with one attached hydrogen (secondary N) is 1. The molecule has 5 nitrogen and oxygen atoms in total. The Bertz CT molecular complexity index is 877. The van der Waals surface area contributed by atoms with E-state index in [9.17, 15) is 4.79 Å². The first-order valence-electron chi connectivity index (χ1n) is 7.67. The van der Waals surface area contributed by atoms with Gasteiger partial charge in [-0.1, -0.05) is 28.1 Å². The van der Waals surface area contributed by atoms with Crippen molar-refractivity contribution in [2.24, 2.45) is 0 Å². The third-order valence-electron chi connectivity index (χ3n) is 3.64. The van der Waals surface area contributed by atoms with E-state index in [0.717, 1.165) is 22.3 Å². The van der Waals surface area contributed by atoms with Gasteiger partial charge in [0.05, 0.1) is 17.4 Å². The highest BCUT2D eigenvalue weighted by molar-refractivity contribution is 9.10. The van der Waals surface area contributed by atoms with Gasteiger partial charge in [-0.05, 0) is 43.4 Å². The van der Waals surface area contributed by atoms with Crippen LogP contribution in [0.15, 0.2) is 57.8 Å². The minimum Gasteiger partial charge on any atom is -0.492 e. The third-order valence-corrected chi connectivity index (χ3v) is 4.17. The number of fused-ring (bicyclic) bond motifs is 1. The second kappa shape index (κ2) is 7.59. The van der Waals surface area contributed by atoms with Crippen LogP contribution in [-0.2, 0) is 6.54 Å². The Morgan fingerprint density at radius 2 is 1.92 bits per heavy atom. The van der Waals surface area contributed by atoms with Gasteiger partial charge in [0.2, 0.25) is 0 Å². The van der Waals surface area contributed by atoms with E-state index in [0.29, 0.717) is 24.4 Å². The number of ether oxygens (including phenoxy) is 1. The lowest BCUT2D eigenvalue weighted by Crippen LogP contribution is -2.26. The molecule has 0 unspecified atom stereocenters. The van der Waals surface area contributed by atoms with Crippen LogP contribution in [-0.4, -0.2) is 35.1 Å². The fourth-order valence-corrected chi connectivity index (χ4v) is 2.66. The van der Waals surface area contributed by atoms with E-state index < -0.39 is 0 Å². The molecule has 1 heterocycles. The number of hydrogen-bond acceptors (Lipinski definition) is 4. The molecular weight excluding hydrogens is 370 g/mol. The first kappa shape index (κ1) is 16.7. The lowest BCUT2D eigenvalue weighted by Gasteiger charge is -2.16. The normalized spacial score (nSPS) is 11.1. The summed E-state index contributed by atoms with van der Waals surface area (Å²) in [4.78, 5) is 21.5. The van der Waals surface area contributed by atoms with Crippen LogP contribution in [0.2, 0.25) is 0 Å². The van der Waals surface area contributed by atoms with E-state index in [1.54, 1.807) is 6.07 Å². The van der Waals surface area contributed by atoms with Crippen LogP contribution in [0, 0.1) is 0 Å². The van der Waals surface area contributed by atoms with E-state index in [2.05, 4.69) is 30.8 Å². The summed E-state index contributed by atoms with van der Waals surface area (Å²) >= 11 is 3.40. The van der Waals surface area contributed by atoms with Gasteiger partial charge < -0.3 is 9.72 Å². The molecule has 1 aromatic heterocycles. The topological polar surface area (TPSA) is 58.2 Å². The minimum absolute atomic E-state index is 0.102. The van der Waals surface area contributed by atoms with Crippen molar-refractivity contribution in [3.63, 3.8) is 0 Å². The first-order valence-corrected chi connectivity index (χ1v) is 8.46. The molecule has 3 rings (SSSR count). The van der Waals surface area contributed by atoms with E-state index in [4.69, 9.17) is 4.74 Å². The van der Waals surface area contributed by atoms with E-state index in [1.807, 2.05) is 49.5 Å². The maximum atomic E-state index is 12.1. The molecule has 0 saturated heterocycles. The van der Waals surface area contributed by atoms with Crippen LogP contribution in [0.4, 0.5) is 0 Å². The standard InChI is InChI=1S/C18H18BrN3O2/c1-22(10-11-24-14-8-6-13(19)7-9-14)12-17-20-16-5-3-2-4-15(16)18(23)21-17/h2-9H,10-12H2,1H3,(H,20,21,23). The van der Waals surface area contributed by atoms with Gasteiger partial charge in [-0.25, -0.2) is 4.98 Å². The van der Waals surface area contributed by atoms with Crippen molar-refractivity contribution in [1.82, 2.24) is 14.9 Å². The number of benzene rings is 2. The quantitative estimate of drug-likeness (QED) is 0.705. The molecule has 124 valence electrons. The number of hydrogen-bond donors (Lipinski definition) is 1. The number of aromatic amines is 1. The van der Waals surface area contributed by atoms with Gasteiger partial charge in [-0.3, -0.25) is 9.69 Å². The van der Waals surface area contributed by atoms with Crippen molar-refractivity contribution < 1.29 is 4.74 Å². The van der Waals surface area contributed by atoms with Crippen LogP contribution >= 0.6 is 15.9 Å². The van der Waals surface area contributed by atoms with Crippen molar-refractivity contribution in [1.29, 1.82) is 0 Å². The summed E-state index contributed by atoms with van der Waals surface area (Å²) in [6, 6.07) is 15.1. The summed E-state index contributed by atoms with van der Waals surface area (Å²) in [7, 11) is 1.97. The highest BCUT2D eigenvalue weighted by atomic mass is 79.9. The largest absolute Gasteiger partial charge is 0.492 e. The fraction of sp³-hybridized carbons (Fsp3) is 0.222. The average molecular weight is 388 g/mol. The van der Waals surface area contributed by atoms with Crippen molar-refractivity contribution in [2.45, 2.75) is 6.54 Å². The molecule has 0 spiro atoms. The van der Waals surface area contributed by atoms with Crippen molar-refractivity contribution in [3.05, 3.63) is 69.2 Å². The van der Waals surface area contributed by atoms with E-state index in [1.165, 1.54) is 0 Å². The summed E-state index contributed by atoms with van der Waals surface area (Å²) in [5, 5.41) is 0.613. The Morgan fingerprint density at radius 1 is 1.17 bits per heavy atom. The molecule has 24 heavy (non-hydrogen) atoms. The number of halogens is 1. The molecule has 0 fully saturated rings. The van der Waals surface area contributed by atoms with Crippen molar-refractivity contribution >= 4 is 26.8 Å². The molecule has 0 radical (unpaired) electrons. The Kier molecular flexibility index (Phi) is 5.27. The molecule has 0 atom stereocenters. The highest BCUT2D eigenvalue weighted by Gasteiger charge is 2.06. The molecule has 3 aromatic rings. The lowest BCUT2D eigenvalue weighted by atomic mass is 10.2. The zero-order chi connectivity index (χ0) is 16.9. The van der Waals surface area contributed by atoms with E-state index >= 15 is 0 Å². The van der Waals surface area contributed by atoms with Gasteiger partial charge >= 0.3 is 0 Å². The zero-order valence-corrected chi connectivity index (χ0v) is 14.9. The number of nitrogens with zero attached hydrogens (tertiary/aromatic N) is 2. The Labute approximate surface area is 148 Å². The highest BCUT2D eigenvalue weighted by Crippen LogP contribution is 2.16. The van der Waals surface area contributed by atoms with E-state index in [-0.39, 0.29) is 5.56 Å². The first-order chi connectivity index (χ1) is 11.6. The predicted octanol–water partition coefficient (Wildman–Crippen LogP) is 3.20. The molecule has 0 aliphatic rings. The molecule has 0 amide bonds. The van der Waals surface area contributed by atoms with Crippen molar-refractivity contribution in [2.75, 3.05) is 20.2 Å². The molecule has 2 aromatic carbocycles. The number of aromatic nitrogens is 2. The van der Waals surface area contributed by atoms with Crippen LogP contribution in [0.3, 0.4) is 0 Å². The number of likely N-dealkylation sites (N-methyl/N-ethyl adjacent to an activating group) is 1. The monoisotopic (exact) mass is 387 g/mol. The molecule has 6 heteroatoms. The Balaban J connectivity index is 1.57. The summed E-state index contributed by atoms with van der Waals surface area (Å²) < 4.78 is 6.73. The van der Waals surface area contributed by atoms with Gasteiger partial charge in [0, 0.05) is 11.0 Å². The van der Waals surface area contributed by atoms with Crippen LogP contribution in [0.5, 0.6) is 5.75 Å².